The Morgan fingerprint density at radius 2 is 1.72 bits per heavy atom. The average Bonchev–Trinajstić information content (AvgIpc) is 3.94. The normalized spacial score (nSPS) is 18.3. The van der Waals surface area contributed by atoms with Crippen LogP contribution in [0.5, 0.6) is 0 Å². The maximum atomic E-state index is 14.8. The second kappa shape index (κ2) is 19.2. The molecule has 5 heterocycles. The highest BCUT2D eigenvalue weighted by Crippen LogP contribution is 2.44. The molecule has 1 aromatic carbocycles. The first-order chi connectivity index (χ1) is 30.6. The number of amides is 2. The summed E-state index contributed by atoms with van der Waals surface area (Å²) in [6, 6.07) is 6.44. The Hall–Kier alpha value is -4.74. The molecule has 13 nitrogen and oxygen atoms in total. The van der Waals surface area contributed by atoms with Crippen molar-refractivity contribution in [2.45, 2.75) is 143 Å². The minimum absolute atomic E-state index is 0.0189. The SMILES string of the molecule is CCC(C)(C)Cc1c(-c2cc(N3CCN(C4CC4)CC3)cnc2C(C)C)n(CC(F)(F)F)c2ccc(-c3csc(C[C@H](NC(=O)OC(C)(C)C)C(=O)N4CCC[C@@H](C(=O)OC)N4)n3)cc12. The van der Waals surface area contributed by atoms with Gasteiger partial charge in [0.2, 0.25) is 0 Å². The van der Waals surface area contributed by atoms with Crippen molar-refractivity contribution in [2.75, 3.05) is 44.7 Å². The van der Waals surface area contributed by atoms with Gasteiger partial charge < -0.3 is 24.3 Å². The lowest BCUT2D eigenvalue weighted by Crippen LogP contribution is -2.60. The number of carbonyl (C=O) groups is 3. The van der Waals surface area contributed by atoms with Gasteiger partial charge in [-0.1, -0.05) is 47.1 Å². The number of rotatable bonds is 14. The molecule has 0 radical (unpaired) electrons. The van der Waals surface area contributed by atoms with E-state index in [0.29, 0.717) is 64.7 Å². The standard InChI is InChI=1S/C48H65F3N8O5S/c1-10-47(7,8)25-35-33-22-30(38-27-65-40(53-38)24-37(54-45(62)64-46(4,5)6)43(60)59-17-11-12-36(55-59)44(61)63-9)13-16-39(33)58(28-48(49,50)51)42(35)34-23-32(26-52-41(34)29(2)3)57-20-18-56(19-21-57)31-14-15-31/h13,16,22-23,26-27,29,31,36-37,55H,10-12,14-15,17-21,24-25,28H2,1-9H3,(H,54,62)/t36-,37-/m0/s1. The summed E-state index contributed by atoms with van der Waals surface area (Å²) in [5, 5.41) is 7.18. The summed E-state index contributed by atoms with van der Waals surface area (Å²) in [6.45, 7) is 18.3. The van der Waals surface area contributed by atoms with E-state index in [-0.39, 0.29) is 17.8 Å². The van der Waals surface area contributed by atoms with Crippen LogP contribution in [0, 0.1) is 5.41 Å². The van der Waals surface area contributed by atoms with Crippen LogP contribution in [0.2, 0.25) is 0 Å². The zero-order valence-corrected chi connectivity index (χ0v) is 40.0. The van der Waals surface area contributed by atoms with E-state index < -0.39 is 48.4 Å². The van der Waals surface area contributed by atoms with Gasteiger partial charge in [-0.15, -0.1) is 11.3 Å². The quantitative estimate of drug-likeness (QED) is 0.118. The number of esters is 1. The molecule has 2 saturated heterocycles. The predicted octanol–water partition coefficient (Wildman–Crippen LogP) is 8.88. The lowest BCUT2D eigenvalue weighted by Gasteiger charge is -2.36. The zero-order valence-electron chi connectivity index (χ0n) is 39.2. The van der Waals surface area contributed by atoms with Crippen LogP contribution in [-0.4, -0.2) is 112 Å². The summed E-state index contributed by atoms with van der Waals surface area (Å²) < 4.78 is 56.4. The Labute approximate surface area is 384 Å². The number of alkyl halides is 3. The number of methoxy groups -OCH3 is 1. The number of carbonyl (C=O) groups excluding carboxylic acids is 3. The van der Waals surface area contributed by atoms with Crippen molar-refractivity contribution >= 4 is 45.9 Å². The molecule has 4 aromatic rings. The van der Waals surface area contributed by atoms with Gasteiger partial charge in [-0.25, -0.2) is 15.2 Å². The van der Waals surface area contributed by atoms with Gasteiger partial charge in [0.25, 0.3) is 5.91 Å². The molecule has 2 aliphatic heterocycles. The maximum Gasteiger partial charge on any atom is 0.408 e. The highest BCUT2D eigenvalue weighted by Gasteiger charge is 2.37. The van der Waals surface area contributed by atoms with Crippen LogP contribution in [0.4, 0.5) is 23.7 Å². The minimum atomic E-state index is -4.51. The lowest BCUT2D eigenvalue weighted by atomic mass is 9.81. The van der Waals surface area contributed by atoms with Crippen LogP contribution >= 0.6 is 11.3 Å². The fraction of sp³-hybridized carbons (Fsp3) is 0.604. The highest BCUT2D eigenvalue weighted by molar-refractivity contribution is 7.10. The van der Waals surface area contributed by atoms with Gasteiger partial charge >= 0.3 is 18.2 Å². The first kappa shape index (κ1) is 48.2. The molecular formula is C48H65F3N8O5S. The molecular weight excluding hydrogens is 858 g/mol. The third-order valence-electron chi connectivity index (χ3n) is 12.7. The molecule has 2 amide bonds. The minimum Gasteiger partial charge on any atom is -0.468 e. The van der Waals surface area contributed by atoms with Crippen molar-refractivity contribution in [3.05, 3.63) is 52.1 Å². The Morgan fingerprint density at radius 1 is 1.00 bits per heavy atom. The van der Waals surface area contributed by atoms with Crippen molar-refractivity contribution in [1.82, 2.24) is 35.2 Å². The number of anilines is 1. The smallest absolute Gasteiger partial charge is 0.408 e. The highest BCUT2D eigenvalue weighted by atomic mass is 32.1. The molecule has 2 N–H and O–H groups in total. The van der Waals surface area contributed by atoms with E-state index in [4.69, 9.17) is 19.4 Å². The molecule has 2 atom stereocenters. The number of aromatic nitrogens is 3. The van der Waals surface area contributed by atoms with E-state index in [2.05, 4.69) is 47.4 Å². The van der Waals surface area contributed by atoms with Crippen molar-refractivity contribution in [3.8, 4) is 22.5 Å². The number of ether oxygens (including phenoxy) is 2. The van der Waals surface area contributed by atoms with Crippen molar-refractivity contribution in [2.24, 2.45) is 5.41 Å². The van der Waals surface area contributed by atoms with Crippen molar-refractivity contribution in [1.29, 1.82) is 0 Å². The van der Waals surface area contributed by atoms with Gasteiger partial charge in [0.1, 0.15) is 24.2 Å². The number of pyridine rings is 1. The number of halogens is 3. The Morgan fingerprint density at radius 3 is 2.35 bits per heavy atom. The third kappa shape index (κ3) is 11.6. The summed E-state index contributed by atoms with van der Waals surface area (Å²) in [5.41, 5.74) is 7.40. The molecule has 354 valence electrons. The summed E-state index contributed by atoms with van der Waals surface area (Å²) >= 11 is 1.31. The number of benzene rings is 1. The van der Waals surface area contributed by atoms with Crippen molar-refractivity contribution < 1.29 is 37.0 Å². The number of hydrogen-bond donors (Lipinski definition) is 2. The van der Waals surface area contributed by atoms with Crippen LogP contribution in [0.3, 0.4) is 0 Å². The first-order valence-electron chi connectivity index (χ1n) is 22.9. The van der Waals surface area contributed by atoms with Gasteiger partial charge in [-0.2, -0.15) is 13.2 Å². The maximum absolute atomic E-state index is 14.8. The van der Waals surface area contributed by atoms with E-state index in [1.165, 1.54) is 40.9 Å². The first-order valence-corrected chi connectivity index (χ1v) is 23.8. The summed E-state index contributed by atoms with van der Waals surface area (Å²) in [7, 11) is 1.29. The molecule has 3 fully saturated rings. The molecule has 7 rings (SSSR count). The van der Waals surface area contributed by atoms with Crippen LogP contribution in [0.1, 0.15) is 110 Å². The molecule has 0 bridgehead atoms. The van der Waals surface area contributed by atoms with E-state index >= 15 is 0 Å². The Balaban J connectivity index is 1.28. The van der Waals surface area contributed by atoms with Gasteiger partial charge in [-0.05, 0) is 88.0 Å². The number of piperazine rings is 1. The number of alkyl carbamates (subject to hydrolysis) is 1. The Bertz CT molecular complexity index is 2360. The topological polar surface area (TPSA) is 134 Å². The predicted molar refractivity (Wildman–Crippen MR) is 248 cm³/mol. The van der Waals surface area contributed by atoms with E-state index in [1.807, 2.05) is 31.5 Å². The Kier molecular flexibility index (Phi) is 14.3. The number of nitrogens with one attached hydrogen (secondary N) is 2. The number of thiazole rings is 1. The molecule has 3 aliphatic rings. The van der Waals surface area contributed by atoms with E-state index in [1.54, 1.807) is 32.9 Å². The molecule has 65 heavy (non-hydrogen) atoms. The molecule has 3 aromatic heterocycles. The molecule has 1 aliphatic carbocycles. The number of nitrogens with zero attached hydrogens (tertiary/aromatic N) is 6. The van der Waals surface area contributed by atoms with Gasteiger partial charge in [0.15, 0.2) is 0 Å². The largest absolute Gasteiger partial charge is 0.468 e. The van der Waals surface area contributed by atoms with E-state index in [9.17, 15) is 27.6 Å². The van der Waals surface area contributed by atoms with Gasteiger partial charge in [0.05, 0.1) is 41.1 Å². The summed E-state index contributed by atoms with van der Waals surface area (Å²) in [6.07, 6.45) is 1.47. The fourth-order valence-electron chi connectivity index (χ4n) is 8.90. The van der Waals surface area contributed by atoms with Crippen LogP contribution in [0.25, 0.3) is 33.4 Å². The number of hydrazine groups is 1. The third-order valence-corrected chi connectivity index (χ3v) is 13.6. The van der Waals surface area contributed by atoms with Gasteiger partial charge in [0, 0.05) is 72.6 Å². The monoisotopic (exact) mass is 922 g/mol. The summed E-state index contributed by atoms with van der Waals surface area (Å²) in [4.78, 5) is 54.3. The molecule has 0 spiro atoms. The van der Waals surface area contributed by atoms with Crippen LogP contribution in [0.15, 0.2) is 35.8 Å². The average molecular weight is 923 g/mol. The lowest BCUT2D eigenvalue weighted by molar-refractivity contribution is -0.150. The van der Waals surface area contributed by atoms with Crippen LogP contribution < -0.4 is 15.6 Å². The van der Waals surface area contributed by atoms with Crippen molar-refractivity contribution in [3.63, 3.8) is 0 Å². The zero-order chi connectivity index (χ0) is 47.0. The molecule has 17 heteroatoms. The van der Waals surface area contributed by atoms with Crippen LogP contribution in [-0.2, 0) is 38.4 Å². The fourth-order valence-corrected chi connectivity index (χ4v) is 9.75. The second-order valence-corrected chi connectivity index (χ2v) is 20.8. The van der Waals surface area contributed by atoms with E-state index in [0.717, 1.165) is 55.1 Å². The van der Waals surface area contributed by atoms with Gasteiger partial charge in [-0.3, -0.25) is 24.5 Å². The molecule has 1 saturated carbocycles. The molecule has 0 unspecified atom stereocenters. The number of hydrogen-bond acceptors (Lipinski definition) is 11. The second-order valence-electron chi connectivity index (χ2n) is 19.9. The summed E-state index contributed by atoms with van der Waals surface area (Å²) in [5.74, 6) is -1.02. The number of fused-ring (bicyclic) bond motifs is 1.